The van der Waals surface area contributed by atoms with E-state index >= 15 is 0 Å². The van der Waals surface area contributed by atoms with E-state index in [1.807, 2.05) is 0 Å². The van der Waals surface area contributed by atoms with Crippen LogP contribution in [0.4, 0.5) is 0 Å². The van der Waals surface area contributed by atoms with E-state index in [1.165, 1.54) is 10.8 Å². The van der Waals surface area contributed by atoms with E-state index in [0.29, 0.717) is 0 Å². The minimum atomic E-state index is -1.96. The van der Waals surface area contributed by atoms with E-state index in [0.717, 1.165) is 0 Å². The molecule has 1 N–H and O–H groups in total. The Morgan fingerprint density at radius 3 is 2.78 bits per heavy atom. The van der Waals surface area contributed by atoms with Crippen molar-refractivity contribution in [2.24, 2.45) is 7.05 Å². The van der Waals surface area contributed by atoms with Gasteiger partial charge in [0.25, 0.3) is 0 Å². The smallest absolute Gasteiger partial charge is 0.227 e. The average molecular weight is 146 g/mol. The molecule has 0 saturated heterocycles. The summed E-state index contributed by atoms with van der Waals surface area (Å²) in [6.07, 6.45) is 3.09. The summed E-state index contributed by atoms with van der Waals surface area (Å²) in [5.41, 5.74) is 0. The van der Waals surface area contributed by atoms with E-state index < -0.39 is 11.1 Å². The van der Waals surface area contributed by atoms with Crippen LogP contribution in [0.2, 0.25) is 0 Å². The quantitative estimate of drug-likeness (QED) is 0.567. The summed E-state index contributed by atoms with van der Waals surface area (Å²) in [5, 5.41) is 0.176. The molecule has 1 aromatic heterocycles. The van der Waals surface area contributed by atoms with Gasteiger partial charge < -0.3 is 4.57 Å². The number of rotatable bonds is 1. The van der Waals surface area contributed by atoms with Crippen molar-refractivity contribution in [2.75, 3.05) is 0 Å². The Hall–Kier alpha value is -0.680. The molecule has 1 rings (SSSR count). The molecular formula is C4H6N2O2S. The lowest BCUT2D eigenvalue weighted by Gasteiger charge is -1.91. The zero-order valence-electron chi connectivity index (χ0n) is 4.81. The molecule has 0 aromatic carbocycles. The van der Waals surface area contributed by atoms with Crippen molar-refractivity contribution in [2.45, 2.75) is 5.16 Å². The van der Waals surface area contributed by atoms with Gasteiger partial charge in [0.05, 0.1) is 0 Å². The zero-order chi connectivity index (χ0) is 6.85. The normalized spacial score (nSPS) is 13.6. The highest BCUT2D eigenvalue weighted by Gasteiger charge is 2.02. The van der Waals surface area contributed by atoms with Crippen molar-refractivity contribution < 1.29 is 8.76 Å². The van der Waals surface area contributed by atoms with Crippen LogP contribution in [0, 0.1) is 0 Å². The molecule has 0 spiro atoms. The number of hydrogen-bond acceptors (Lipinski definition) is 2. The summed E-state index contributed by atoms with van der Waals surface area (Å²) in [6, 6.07) is 0. The number of aryl methyl sites for hydroxylation is 1. The molecule has 5 heteroatoms. The molecule has 0 saturated carbocycles. The van der Waals surface area contributed by atoms with Gasteiger partial charge in [0.1, 0.15) is 0 Å². The maximum atomic E-state index is 10.3. The standard InChI is InChI=1S/C4H6N2O2S/c1-6-3-2-5-4(6)9(7)8/h2-3H,1H3,(H,7,8). The first kappa shape index (κ1) is 6.44. The summed E-state index contributed by atoms with van der Waals surface area (Å²) < 4.78 is 20.3. The number of hydrogen-bond donors (Lipinski definition) is 1. The fraction of sp³-hybridized carbons (Fsp3) is 0.250. The SMILES string of the molecule is Cn1ccnc1S(=O)O. The summed E-state index contributed by atoms with van der Waals surface area (Å²) in [7, 11) is 1.66. The predicted octanol–water partition coefficient (Wildman–Crippen LogP) is 0.000700. The maximum absolute atomic E-state index is 10.3. The van der Waals surface area contributed by atoms with E-state index in [9.17, 15) is 4.21 Å². The monoisotopic (exact) mass is 146 g/mol. The Morgan fingerprint density at radius 1 is 1.89 bits per heavy atom. The number of aromatic nitrogens is 2. The molecule has 0 amide bonds. The van der Waals surface area contributed by atoms with Crippen LogP contribution in [0.3, 0.4) is 0 Å². The molecule has 0 fully saturated rings. The second-order valence-corrected chi connectivity index (χ2v) is 2.43. The van der Waals surface area contributed by atoms with Crippen LogP contribution in [0.25, 0.3) is 0 Å². The molecule has 4 nitrogen and oxygen atoms in total. The van der Waals surface area contributed by atoms with Crippen LogP contribution in [0.5, 0.6) is 0 Å². The summed E-state index contributed by atoms with van der Waals surface area (Å²) >= 11 is -1.96. The van der Waals surface area contributed by atoms with Gasteiger partial charge >= 0.3 is 0 Å². The lowest BCUT2D eigenvalue weighted by Crippen LogP contribution is -1.98. The first-order valence-corrected chi connectivity index (χ1v) is 3.40. The van der Waals surface area contributed by atoms with Gasteiger partial charge in [-0.05, 0) is 0 Å². The summed E-state index contributed by atoms with van der Waals surface area (Å²) in [6.45, 7) is 0. The molecular weight excluding hydrogens is 140 g/mol. The largest absolute Gasteiger partial charge is 0.325 e. The lowest BCUT2D eigenvalue weighted by molar-refractivity contribution is 0.548. The van der Waals surface area contributed by atoms with Crippen molar-refractivity contribution in [3.63, 3.8) is 0 Å². The third-order valence-electron chi connectivity index (χ3n) is 0.933. The van der Waals surface area contributed by atoms with Crippen LogP contribution >= 0.6 is 0 Å². The fourth-order valence-corrected chi connectivity index (χ4v) is 0.978. The third kappa shape index (κ3) is 1.17. The van der Waals surface area contributed by atoms with Gasteiger partial charge in [0.2, 0.25) is 16.2 Å². The van der Waals surface area contributed by atoms with Crippen molar-refractivity contribution in [1.82, 2.24) is 9.55 Å². The first-order chi connectivity index (χ1) is 4.22. The first-order valence-electron chi connectivity index (χ1n) is 2.30. The van der Waals surface area contributed by atoms with Gasteiger partial charge in [0, 0.05) is 19.4 Å². The maximum Gasteiger partial charge on any atom is 0.227 e. The molecule has 1 heterocycles. The van der Waals surface area contributed by atoms with Crippen LogP contribution in [0.1, 0.15) is 0 Å². The number of imidazole rings is 1. The average Bonchev–Trinajstić information content (AvgIpc) is 2.13. The Kier molecular flexibility index (Phi) is 1.63. The summed E-state index contributed by atoms with van der Waals surface area (Å²) in [5.74, 6) is 0. The van der Waals surface area contributed by atoms with Gasteiger partial charge in [-0.3, -0.25) is 4.55 Å². The van der Waals surface area contributed by atoms with Gasteiger partial charge in [-0.2, -0.15) is 0 Å². The summed E-state index contributed by atoms with van der Waals surface area (Å²) in [4.78, 5) is 3.63. The second kappa shape index (κ2) is 2.28. The predicted molar refractivity (Wildman–Crippen MR) is 32.2 cm³/mol. The Labute approximate surface area is 54.8 Å². The zero-order valence-corrected chi connectivity index (χ0v) is 5.63. The van der Waals surface area contributed by atoms with Crippen LogP contribution in [-0.4, -0.2) is 18.3 Å². The Bertz CT molecular complexity index is 232. The van der Waals surface area contributed by atoms with Crippen molar-refractivity contribution in [1.29, 1.82) is 0 Å². The van der Waals surface area contributed by atoms with E-state index in [-0.39, 0.29) is 5.16 Å². The van der Waals surface area contributed by atoms with Gasteiger partial charge in [0.15, 0.2) is 0 Å². The third-order valence-corrected chi connectivity index (χ3v) is 1.64. The van der Waals surface area contributed by atoms with E-state index in [1.54, 1.807) is 13.2 Å². The van der Waals surface area contributed by atoms with E-state index in [4.69, 9.17) is 4.55 Å². The van der Waals surface area contributed by atoms with Crippen LogP contribution in [0.15, 0.2) is 17.6 Å². The van der Waals surface area contributed by atoms with Crippen molar-refractivity contribution >= 4 is 11.1 Å². The van der Waals surface area contributed by atoms with Gasteiger partial charge in [-0.15, -0.1) is 0 Å². The van der Waals surface area contributed by atoms with Crippen LogP contribution in [-0.2, 0) is 18.1 Å². The molecule has 0 aliphatic rings. The van der Waals surface area contributed by atoms with E-state index in [2.05, 4.69) is 4.98 Å². The van der Waals surface area contributed by atoms with Crippen molar-refractivity contribution in [3.8, 4) is 0 Å². The van der Waals surface area contributed by atoms with Gasteiger partial charge in [-0.25, -0.2) is 9.19 Å². The Balaban J connectivity index is 3.08. The topological polar surface area (TPSA) is 55.1 Å². The van der Waals surface area contributed by atoms with Crippen molar-refractivity contribution in [3.05, 3.63) is 12.4 Å². The minimum absolute atomic E-state index is 0.176. The highest BCUT2D eigenvalue weighted by atomic mass is 32.2. The molecule has 9 heavy (non-hydrogen) atoms. The molecule has 0 aliphatic carbocycles. The molecule has 0 bridgehead atoms. The highest BCUT2D eigenvalue weighted by Crippen LogP contribution is 1.96. The lowest BCUT2D eigenvalue weighted by atomic mass is 10.9. The molecule has 1 atom stereocenters. The molecule has 1 unspecified atom stereocenters. The van der Waals surface area contributed by atoms with Gasteiger partial charge in [-0.1, -0.05) is 0 Å². The minimum Gasteiger partial charge on any atom is -0.325 e. The highest BCUT2D eigenvalue weighted by molar-refractivity contribution is 7.79. The van der Waals surface area contributed by atoms with Crippen LogP contribution < -0.4 is 0 Å². The molecule has 0 radical (unpaired) electrons. The Morgan fingerprint density at radius 2 is 2.56 bits per heavy atom. The number of nitrogens with zero attached hydrogens (tertiary/aromatic N) is 2. The molecule has 1 aromatic rings. The second-order valence-electron chi connectivity index (χ2n) is 1.57. The molecule has 50 valence electrons. The fourth-order valence-electron chi connectivity index (χ4n) is 0.520. The molecule has 0 aliphatic heterocycles.